The Hall–Kier alpha value is -1.42. The van der Waals surface area contributed by atoms with E-state index in [0.29, 0.717) is 0 Å². The first-order chi connectivity index (χ1) is 5.59. The third-order valence-electron chi connectivity index (χ3n) is 1.51. The third-order valence-corrected chi connectivity index (χ3v) is 1.51. The largest absolute Gasteiger partial charge is 0.481 e. The smallest absolute Gasteiger partial charge is 0.307 e. The van der Waals surface area contributed by atoms with Crippen LogP contribution in [-0.2, 0) is 9.59 Å². The number of allylic oxidation sites excluding steroid dienone is 2. The van der Waals surface area contributed by atoms with Crippen LogP contribution in [0.15, 0.2) is 23.8 Å². The zero-order valence-corrected chi connectivity index (χ0v) is 6.23. The number of aliphatic carboxylic acids is 1. The van der Waals surface area contributed by atoms with Gasteiger partial charge in [-0.3, -0.25) is 9.59 Å². The number of carbonyl (C=O) groups excluding carboxylic acids is 1. The van der Waals surface area contributed by atoms with Crippen LogP contribution in [0.4, 0.5) is 0 Å². The van der Waals surface area contributed by atoms with E-state index >= 15 is 0 Å². The molecule has 64 valence electrons. The molecule has 4 nitrogen and oxygen atoms in total. The Morgan fingerprint density at radius 1 is 1.58 bits per heavy atom. The lowest BCUT2D eigenvalue weighted by Gasteiger charge is -2.11. The molecule has 1 aliphatic rings. The zero-order valence-electron chi connectivity index (χ0n) is 6.23. The van der Waals surface area contributed by atoms with Gasteiger partial charge in [-0.1, -0.05) is 0 Å². The van der Waals surface area contributed by atoms with Gasteiger partial charge in [0.25, 0.3) is 0 Å². The van der Waals surface area contributed by atoms with Crippen molar-refractivity contribution in [1.29, 1.82) is 0 Å². The normalized spacial score (nSPS) is 22.2. The summed E-state index contributed by atoms with van der Waals surface area (Å²) in [6.07, 6.45) is 2.42. The Kier molecular flexibility index (Phi) is 2.40. The summed E-state index contributed by atoms with van der Waals surface area (Å²) in [5.74, 6) is -1.33. The van der Waals surface area contributed by atoms with Gasteiger partial charge in [-0.05, 0) is 23.8 Å². The maximum Gasteiger partial charge on any atom is 0.307 e. The molecule has 1 atom stereocenters. The second-order valence-electron chi connectivity index (χ2n) is 2.50. The summed E-state index contributed by atoms with van der Waals surface area (Å²) in [4.78, 5) is 21.0. The second kappa shape index (κ2) is 3.32. The lowest BCUT2D eigenvalue weighted by molar-refractivity contribution is -0.136. The highest BCUT2D eigenvalue weighted by atomic mass is 16.4. The highest BCUT2D eigenvalue weighted by Gasteiger charge is 2.16. The van der Waals surface area contributed by atoms with Crippen molar-refractivity contribution in [2.45, 2.75) is 12.5 Å². The van der Waals surface area contributed by atoms with E-state index in [2.05, 4.69) is 0 Å². The lowest BCUT2D eigenvalue weighted by atomic mass is 10.00. The van der Waals surface area contributed by atoms with Gasteiger partial charge in [0.2, 0.25) is 0 Å². The molecule has 0 heterocycles. The van der Waals surface area contributed by atoms with Crippen LogP contribution >= 0.6 is 0 Å². The van der Waals surface area contributed by atoms with E-state index < -0.39 is 12.1 Å². The molecule has 0 aromatic rings. The molecule has 0 saturated carbocycles. The van der Waals surface area contributed by atoms with Crippen molar-refractivity contribution in [3.05, 3.63) is 23.8 Å². The Morgan fingerprint density at radius 3 is 2.83 bits per heavy atom. The van der Waals surface area contributed by atoms with Crippen LogP contribution in [0.25, 0.3) is 0 Å². The van der Waals surface area contributed by atoms with Crippen molar-refractivity contribution in [1.82, 2.24) is 0 Å². The fourth-order valence-electron chi connectivity index (χ4n) is 0.956. The molecule has 0 unspecified atom stereocenters. The average Bonchev–Trinajstić information content (AvgIpc) is 1.96. The molecular formula is C8H8O4. The number of carboxylic acid groups (broad SMARTS) is 1. The summed E-state index contributed by atoms with van der Waals surface area (Å²) >= 11 is 0. The number of aliphatic hydroxyl groups excluding tert-OH is 1. The number of hydrogen-bond acceptors (Lipinski definition) is 3. The summed E-state index contributed by atoms with van der Waals surface area (Å²) in [7, 11) is 0. The quantitative estimate of drug-likeness (QED) is 0.603. The Morgan fingerprint density at radius 2 is 2.25 bits per heavy atom. The molecule has 0 aliphatic heterocycles. The lowest BCUT2D eigenvalue weighted by Crippen LogP contribution is -2.15. The molecule has 0 aromatic carbocycles. The van der Waals surface area contributed by atoms with Crippen molar-refractivity contribution in [2.75, 3.05) is 0 Å². The SMILES string of the molecule is O=C1C=C[C@H](O)C(CC(=O)O)=C1. The minimum atomic E-state index is -1.05. The molecule has 0 aromatic heterocycles. The predicted octanol–water partition coefficient (Wildman–Crippen LogP) is -0.113. The summed E-state index contributed by atoms with van der Waals surface area (Å²) in [6.45, 7) is 0. The highest BCUT2D eigenvalue weighted by Crippen LogP contribution is 2.13. The van der Waals surface area contributed by atoms with Crippen molar-refractivity contribution < 1.29 is 19.8 Å². The highest BCUT2D eigenvalue weighted by molar-refractivity contribution is 6.01. The monoisotopic (exact) mass is 168 g/mol. The first kappa shape index (κ1) is 8.67. The number of carbonyl (C=O) groups is 2. The molecule has 2 N–H and O–H groups in total. The topological polar surface area (TPSA) is 74.6 Å². The van der Waals surface area contributed by atoms with Gasteiger partial charge in [0.05, 0.1) is 12.5 Å². The zero-order chi connectivity index (χ0) is 9.14. The fraction of sp³-hybridized carbons (Fsp3) is 0.250. The van der Waals surface area contributed by atoms with Gasteiger partial charge in [-0.25, -0.2) is 0 Å². The van der Waals surface area contributed by atoms with E-state index in [9.17, 15) is 9.59 Å². The predicted molar refractivity (Wildman–Crippen MR) is 40.5 cm³/mol. The van der Waals surface area contributed by atoms with Gasteiger partial charge in [-0.2, -0.15) is 0 Å². The minimum absolute atomic E-state index is 0.231. The Balaban J connectivity index is 2.74. The molecule has 0 spiro atoms. The molecule has 0 saturated heterocycles. The van der Waals surface area contributed by atoms with E-state index in [4.69, 9.17) is 10.2 Å². The molecule has 0 bridgehead atoms. The van der Waals surface area contributed by atoms with Gasteiger partial charge >= 0.3 is 5.97 Å². The van der Waals surface area contributed by atoms with Gasteiger partial charge in [0.15, 0.2) is 5.78 Å². The van der Waals surface area contributed by atoms with E-state index in [1.54, 1.807) is 0 Å². The maximum atomic E-state index is 10.7. The molecule has 12 heavy (non-hydrogen) atoms. The number of aliphatic hydroxyl groups is 1. The van der Waals surface area contributed by atoms with E-state index in [1.807, 2.05) is 0 Å². The molecule has 0 radical (unpaired) electrons. The van der Waals surface area contributed by atoms with Crippen molar-refractivity contribution in [2.24, 2.45) is 0 Å². The first-order valence-electron chi connectivity index (χ1n) is 3.42. The van der Waals surface area contributed by atoms with Gasteiger partial charge in [0, 0.05) is 0 Å². The number of ketones is 1. The number of hydrogen-bond donors (Lipinski definition) is 2. The third kappa shape index (κ3) is 2.03. The van der Waals surface area contributed by atoms with Crippen molar-refractivity contribution in [3.8, 4) is 0 Å². The average molecular weight is 168 g/mol. The number of rotatable bonds is 2. The molecule has 4 heteroatoms. The van der Waals surface area contributed by atoms with Crippen molar-refractivity contribution in [3.63, 3.8) is 0 Å². The van der Waals surface area contributed by atoms with Crippen molar-refractivity contribution >= 4 is 11.8 Å². The maximum absolute atomic E-state index is 10.7. The van der Waals surface area contributed by atoms with Gasteiger partial charge in [0.1, 0.15) is 0 Å². The van der Waals surface area contributed by atoms with Gasteiger partial charge < -0.3 is 10.2 Å². The Bertz CT molecular complexity index is 275. The Labute approximate surface area is 68.8 Å². The van der Waals surface area contributed by atoms with E-state index in [-0.39, 0.29) is 17.8 Å². The standard InChI is InChI=1S/C8H8O4/c9-6-1-2-7(10)5(3-6)4-8(11)12/h1-3,7,10H,4H2,(H,11,12)/t7-/m0/s1. The molecular weight excluding hydrogens is 160 g/mol. The van der Waals surface area contributed by atoms with E-state index in [0.717, 1.165) is 6.08 Å². The van der Waals surface area contributed by atoms with Crippen LogP contribution in [0.2, 0.25) is 0 Å². The first-order valence-corrected chi connectivity index (χ1v) is 3.42. The van der Waals surface area contributed by atoms with Crippen LogP contribution < -0.4 is 0 Å². The second-order valence-corrected chi connectivity index (χ2v) is 2.50. The minimum Gasteiger partial charge on any atom is -0.481 e. The van der Waals surface area contributed by atoms with E-state index in [1.165, 1.54) is 12.2 Å². The molecule has 0 amide bonds. The van der Waals surface area contributed by atoms with Crippen LogP contribution in [-0.4, -0.2) is 28.1 Å². The number of carboxylic acids is 1. The van der Waals surface area contributed by atoms with Gasteiger partial charge in [-0.15, -0.1) is 0 Å². The summed E-state index contributed by atoms with van der Waals surface area (Å²) in [5.41, 5.74) is 0.231. The van der Waals surface area contributed by atoms with Crippen LogP contribution in [0.3, 0.4) is 0 Å². The summed E-state index contributed by atoms with van der Waals surface area (Å²) in [6, 6.07) is 0. The van der Waals surface area contributed by atoms with Crippen LogP contribution in [0.5, 0.6) is 0 Å². The fourth-order valence-corrected chi connectivity index (χ4v) is 0.956. The summed E-state index contributed by atoms with van der Waals surface area (Å²) < 4.78 is 0. The van der Waals surface area contributed by atoms with Crippen LogP contribution in [0.1, 0.15) is 6.42 Å². The molecule has 1 rings (SSSR count). The molecule has 1 aliphatic carbocycles. The van der Waals surface area contributed by atoms with Crippen LogP contribution in [0, 0.1) is 0 Å². The summed E-state index contributed by atoms with van der Waals surface area (Å²) in [5, 5.41) is 17.5. The molecule has 0 fully saturated rings.